The number of alkyl halides is 3. The fraction of sp³-hybridized carbons (Fsp3) is 0.172. The number of aliphatic hydroxyl groups excluding tert-OH is 1. The number of phenolic OH excluding ortho intramolecular Hbond substituents is 1. The lowest BCUT2D eigenvalue weighted by atomic mass is 9.92. The molecule has 0 fully saturated rings. The van der Waals surface area contributed by atoms with Crippen molar-refractivity contribution in [2.24, 2.45) is 0 Å². The fourth-order valence-electron chi connectivity index (χ4n) is 4.33. The molecule has 42 heavy (non-hydrogen) atoms. The molecule has 1 unspecified atom stereocenters. The van der Waals surface area contributed by atoms with E-state index < -0.39 is 17.6 Å². The van der Waals surface area contributed by atoms with Gasteiger partial charge in [0.1, 0.15) is 17.9 Å². The highest BCUT2D eigenvalue weighted by Gasteiger charge is 2.31. The zero-order valence-corrected chi connectivity index (χ0v) is 22.3. The van der Waals surface area contributed by atoms with Crippen LogP contribution in [0.15, 0.2) is 67.5 Å². The number of nitrogens with one attached hydrogen (secondary N) is 2. The molecule has 0 saturated heterocycles. The third kappa shape index (κ3) is 5.81. The second kappa shape index (κ2) is 11.4. The quantitative estimate of drug-likeness (QED) is 0.205. The molecule has 10 nitrogen and oxygen atoms in total. The number of carbonyl (C=O) groups excluding carboxylic acids is 1. The van der Waals surface area contributed by atoms with E-state index in [4.69, 9.17) is 0 Å². The van der Waals surface area contributed by atoms with Gasteiger partial charge in [0.25, 0.3) is 5.91 Å². The first kappa shape index (κ1) is 28.4. The third-order valence-electron chi connectivity index (χ3n) is 6.46. The van der Waals surface area contributed by atoms with Crippen molar-refractivity contribution in [3.05, 3.63) is 84.2 Å². The minimum atomic E-state index is -4.59. The van der Waals surface area contributed by atoms with E-state index in [0.29, 0.717) is 38.7 Å². The van der Waals surface area contributed by atoms with E-state index in [1.54, 1.807) is 32.2 Å². The summed E-state index contributed by atoms with van der Waals surface area (Å²) in [4.78, 5) is 33.9. The van der Waals surface area contributed by atoms with Gasteiger partial charge in [-0.1, -0.05) is 6.07 Å². The number of fused-ring (bicyclic) bond motifs is 1. The molecule has 1 amide bonds. The number of hydrogen-bond acceptors (Lipinski definition) is 9. The number of nitrogens with zero attached hydrogens (tertiary/aromatic N) is 5. The average Bonchev–Trinajstić information content (AvgIpc) is 2.97. The number of halogens is 3. The van der Waals surface area contributed by atoms with Gasteiger partial charge in [-0.05, 0) is 55.3 Å². The Bertz CT molecular complexity index is 1780. The molecule has 0 radical (unpaired) electrons. The number of hydrogen-bond donors (Lipinski definition) is 4. The second-order valence-corrected chi connectivity index (χ2v) is 9.55. The highest BCUT2D eigenvalue weighted by molar-refractivity contribution is 6.06. The highest BCUT2D eigenvalue weighted by Crippen LogP contribution is 2.43. The first-order valence-corrected chi connectivity index (χ1v) is 12.7. The number of phenols is 1. The second-order valence-electron chi connectivity index (χ2n) is 9.55. The van der Waals surface area contributed by atoms with E-state index >= 15 is 0 Å². The Morgan fingerprint density at radius 1 is 1.02 bits per heavy atom. The Morgan fingerprint density at radius 2 is 1.79 bits per heavy atom. The number of aliphatic hydroxyl groups is 1. The van der Waals surface area contributed by atoms with Gasteiger partial charge >= 0.3 is 6.18 Å². The summed E-state index contributed by atoms with van der Waals surface area (Å²) in [5, 5.41) is 27.0. The van der Waals surface area contributed by atoms with Gasteiger partial charge in [-0.25, -0.2) is 24.9 Å². The molecule has 0 bridgehead atoms. The number of aromatic hydroxyl groups is 1. The predicted molar refractivity (Wildman–Crippen MR) is 150 cm³/mol. The van der Waals surface area contributed by atoms with Crippen molar-refractivity contribution >= 4 is 28.6 Å². The summed E-state index contributed by atoms with van der Waals surface area (Å²) >= 11 is 0. The smallest absolute Gasteiger partial charge is 0.416 e. The molecule has 13 heteroatoms. The maximum atomic E-state index is 13.1. The van der Waals surface area contributed by atoms with E-state index in [9.17, 15) is 28.2 Å². The highest BCUT2D eigenvalue weighted by atomic mass is 19.4. The average molecular weight is 576 g/mol. The molecule has 3 aromatic heterocycles. The van der Waals surface area contributed by atoms with Crippen molar-refractivity contribution in [3.63, 3.8) is 0 Å². The number of rotatable bonds is 7. The Hall–Kier alpha value is -5.17. The number of anilines is 2. The topological polar surface area (TPSA) is 146 Å². The van der Waals surface area contributed by atoms with Crippen LogP contribution in [0.3, 0.4) is 0 Å². The zero-order valence-electron chi connectivity index (χ0n) is 22.3. The number of carbonyl (C=O) groups is 1. The summed E-state index contributed by atoms with van der Waals surface area (Å²) in [6.45, 7) is 3.41. The van der Waals surface area contributed by atoms with Crippen LogP contribution in [0.2, 0.25) is 0 Å². The monoisotopic (exact) mass is 575 g/mol. The van der Waals surface area contributed by atoms with Crippen molar-refractivity contribution in [1.29, 1.82) is 0 Å². The lowest BCUT2D eigenvalue weighted by Crippen LogP contribution is -2.20. The number of pyridine rings is 1. The van der Waals surface area contributed by atoms with E-state index in [-0.39, 0.29) is 35.7 Å². The molecule has 214 valence electrons. The van der Waals surface area contributed by atoms with Gasteiger partial charge in [0.2, 0.25) is 5.95 Å². The van der Waals surface area contributed by atoms with Crippen molar-refractivity contribution < 1.29 is 28.2 Å². The van der Waals surface area contributed by atoms with Crippen LogP contribution in [0.1, 0.15) is 28.4 Å². The molecule has 1 atom stereocenters. The first-order chi connectivity index (χ1) is 20.0. The molecule has 5 rings (SSSR count). The van der Waals surface area contributed by atoms with Crippen LogP contribution in [0.25, 0.3) is 33.2 Å². The number of benzene rings is 2. The normalized spacial score (nSPS) is 12.2. The lowest BCUT2D eigenvalue weighted by molar-refractivity contribution is -0.137. The van der Waals surface area contributed by atoms with Crippen LogP contribution < -0.4 is 10.6 Å². The molecular weight excluding hydrogens is 551 g/mol. The largest absolute Gasteiger partial charge is 0.507 e. The number of aromatic nitrogens is 5. The van der Waals surface area contributed by atoms with Crippen molar-refractivity contribution in [1.82, 2.24) is 24.9 Å². The summed E-state index contributed by atoms with van der Waals surface area (Å²) in [7, 11) is 0. The van der Waals surface area contributed by atoms with Crippen LogP contribution in [0.5, 0.6) is 5.75 Å². The van der Waals surface area contributed by atoms with E-state index in [1.165, 1.54) is 30.9 Å². The summed E-state index contributed by atoms with van der Waals surface area (Å²) in [6.07, 6.45) is 2.34. The molecular formula is C29H24F3N7O3. The van der Waals surface area contributed by atoms with Gasteiger partial charge < -0.3 is 20.8 Å². The Balaban J connectivity index is 1.60. The molecule has 4 N–H and O–H groups in total. The number of aryl methyl sites for hydroxylation is 1. The molecule has 0 aliphatic rings. The Morgan fingerprint density at radius 3 is 2.50 bits per heavy atom. The fourth-order valence-corrected chi connectivity index (χ4v) is 4.33. The molecule has 0 spiro atoms. The molecule has 5 aromatic rings. The molecule has 2 aromatic carbocycles. The van der Waals surface area contributed by atoms with E-state index in [0.717, 1.165) is 18.3 Å². The first-order valence-electron chi connectivity index (χ1n) is 12.7. The van der Waals surface area contributed by atoms with Crippen molar-refractivity contribution in [2.45, 2.75) is 26.1 Å². The Kier molecular flexibility index (Phi) is 7.68. The third-order valence-corrected chi connectivity index (χ3v) is 6.46. The van der Waals surface area contributed by atoms with Gasteiger partial charge in [0, 0.05) is 52.9 Å². The minimum absolute atomic E-state index is 0.132. The van der Waals surface area contributed by atoms with Crippen LogP contribution in [0.4, 0.5) is 24.9 Å². The van der Waals surface area contributed by atoms with Crippen LogP contribution in [-0.4, -0.2) is 53.7 Å². The summed E-state index contributed by atoms with van der Waals surface area (Å²) < 4.78 is 39.4. The predicted octanol–water partition coefficient (Wildman–Crippen LogP) is 5.23. The van der Waals surface area contributed by atoms with Gasteiger partial charge in [-0.3, -0.25) is 4.79 Å². The minimum Gasteiger partial charge on any atom is -0.507 e. The maximum absolute atomic E-state index is 13.1. The number of amides is 1. The molecule has 3 heterocycles. The van der Waals surface area contributed by atoms with Crippen molar-refractivity contribution in [2.75, 3.05) is 17.2 Å². The SMILES string of the molecule is Cc1ccc(C(=O)Nc2cc(C(F)(F)F)ccn2)cc1-c1cc2cnc(NC(C)CO)nc2c(-c2cncnc2)c1O. The molecule has 0 aliphatic heterocycles. The zero-order chi connectivity index (χ0) is 30.0. The van der Waals surface area contributed by atoms with E-state index in [1.807, 2.05) is 0 Å². The summed E-state index contributed by atoms with van der Waals surface area (Å²) in [5.41, 5.74) is 1.96. The summed E-state index contributed by atoms with van der Waals surface area (Å²) in [6, 6.07) is 7.64. The standard InChI is InChI=1S/C29H24F3N7O3/c1-15-3-4-17(27(42)38-23-9-20(5-6-35-23)29(30,31)32)7-21(15)22-8-18-12-36-28(37-16(2)13-40)39-25(18)24(26(22)41)19-10-33-14-34-11-19/h3-12,14,16,40-41H,13H2,1-2H3,(H,35,38,42)(H,36,37,39). The summed E-state index contributed by atoms with van der Waals surface area (Å²) in [5.74, 6) is -0.851. The van der Waals surface area contributed by atoms with Gasteiger partial charge in [0.15, 0.2) is 0 Å². The molecule has 0 aliphatic carbocycles. The van der Waals surface area contributed by atoms with Crippen molar-refractivity contribution in [3.8, 4) is 28.0 Å². The van der Waals surface area contributed by atoms with Gasteiger partial charge in [-0.15, -0.1) is 0 Å². The lowest BCUT2D eigenvalue weighted by Gasteiger charge is -2.17. The van der Waals surface area contributed by atoms with Gasteiger partial charge in [-0.2, -0.15) is 13.2 Å². The van der Waals surface area contributed by atoms with E-state index in [2.05, 4.69) is 35.6 Å². The molecule has 0 saturated carbocycles. The Labute approximate surface area is 237 Å². The van der Waals surface area contributed by atoms with Crippen LogP contribution in [-0.2, 0) is 6.18 Å². The van der Waals surface area contributed by atoms with Crippen LogP contribution >= 0.6 is 0 Å². The van der Waals surface area contributed by atoms with Crippen LogP contribution in [0, 0.1) is 6.92 Å². The maximum Gasteiger partial charge on any atom is 0.416 e. The van der Waals surface area contributed by atoms with Gasteiger partial charge in [0.05, 0.1) is 23.3 Å².